The third-order valence-electron chi connectivity index (χ3n) is 6.73. The van der Waals surface area contributed by atoms with E-state index in [9.17, 15) is 9.90 Å². The number of halogens is 2. The number of methoxy groups -OCH3 is 1. The third-order valence-corrected chi connectivity index (χ3v) is 6.73. The van der Waals surface area contributed by atoms with Gasteiger partial charge in [0.1, 0.15) is 0 Å². The Balaban J connectivity index is 0.000000911. The molecule has 2 bridgehead atoms. The first-order chi connectivity index (χ1) is 11.0. The first kappa shape index (κ1) is 18.8. The number of likely N-dealkylation sites (tertiary alicyclic amines) is 1. The molecule has 138 valence electrons. The van der Waals surface area contributed by atoms with E-state index in [-0.39, 0.29) is 36.6 Å². The first-order valence-corrected chi connectivity index (χ1v) is 8.35. The molecule has 2 heterocycles. The highest BCUT2D eigenvalue weighted by atomic mass is 35.5. The maximum absolute atomic E-state index is 12.7. The monoisotopic (exact) mass is 387 g/mol. The van der Waals surface area contributed by atoms with Crippen molar-refractivity contribution >= 4 is 30.6 Å². The van der Waals surface area contributed by atoms with Crippen molar-refractivity contribution in [1.29, 1.82) is 0 Å². The zero-order valence-corrected chi connectivity index (χ0v) is 15.9. The van der Waals surface area contributed by atoms with Gasteiger partial charge in [-0.05, 0) is 44.5 Å². The highest BCUT2D eigenvalue weighted by Gasteiger charge is 2.72. The minimum Gasteiger partial charge on any atom is -0.493 e. The van der Waals surface area contributed by atoms with Gasteiger partial charge in [-0.25, -0.2) is 0 Å². The molecule has 0 radical (unpaired) electrons. The number of hydrogen-bond donors (Lipinski definition) is 1. The van der Waals surface area contributed by atoms with Crippen LogP contribution in [0, 0.1) is 0 Å². The molecule has 0 amide bonds. The molecule has 5 rings (SSSR count). The van der Waals surface area contributed by atoms with E-state index in [4.69, 9.17) is 9.47 Å². The van der Waals surface area contributed by atoms with Crippen LogP contribution in [-0.4, -0.2) is 54.2 Å². The van der Waals surface area contributed by atoms with Crippen LogP contribution in [0.2, 0.25) is 0 Å². The number of rotatable bonds is 1. The SMILES string of the molecule is COc1ccc2c3c1O[C@H]1C(=O)CCC4(O)[C@@H](C2)N(C)CC[C@]314.Cl.Cl. The summed E-state index contributed by atoms with van der Waals surface area (Å²) >= 11 is 0. The van der Waals surface area contributed by atoms with Crippen LogP contribution in [0.5, 0.6) is 11.5 Å². The molecular weight excluding hydrogens is 365 g/mol. The zero-order chi connectivity index (χ0) is 16.0. The second-order valence-corrected chi connectivity index (χ2v) is 7.44. The lowest BCUT2D eigenvalue weighted by Gasteiger charge is -2.62. The van der Waals surface area contributed by atoms with E-state index in [1.54, 1.807) is 7.11 Å². The van der Waals surface area contributed by atoms with Gasteiger partial charge < -0.3 is 19.5 Å². The summed E-state index contributed by atoms with van der Waals surface area (Å²) in [5.41, 5.74) is 0.737. The van der Waals surface area contributed by atoms with Gasteiger partial charge in [0.25, 0.3) is 0 Å². The highest BCUT2D eigenvalue weighted by molar-refractivity contribution is 5.90. The molecule has 2 aliphatic heterocycles. The van der Waals surface area contributed by atoms with Crippen LogP contribution < -0.4 is 9.47 Å². The Morgan fingerprint density at radius 2 is 2.08 bits per heavy atom. The fourth-order valence-electron chi connectivity index (χ4n) is 5.69. The van der Waals surface area contributed by atoms with Crippen LogP contribution in [-0.2, 0) is 16.6 Å². The quantitative estimate of drug-likeness (QED) is 0.797. The van der Waals surface area contributed by atoms with Crippen LogP contribution in [0.4, 0.5) is 0 Å². The molecule has 1 spiro atoms. The normalized spacial score (nSPS) is 37.3. The number of benzene rings is 1. The summed E-state index contributed by atoms with van der Waals surface area (Å²) in [6.07, 6.45) is 1.89. The maximum atomic E-state index is 12.7. The molecule has 1 aromatic rings. The number of ether oxygens (including phenoxy) is 2. The van der Waals surface area contributed by atoms with E-state index in [2.05, 4.69) is 18.0 Å². The van der Waals surface area contributed by atoms with Gasteiger partial charge in [0, 0.05) is 18.0 Å². The van der Waals surface area contributed by atoms with Crippen molar-refractivity contribution in [2.75, 3.05) is 20.7 Å². The molecule has 1 saturated heterocycles. The summed E-state index contributed by atoms with van der Waals surface area (Å²) < 4.78 is 11.6. The van der Waals surface area contributed by atoms with Crippen LogP contribution in [0.3, 0.4) is 0 Å². The van der Waals surface area contributed by atoms with Crippen LogP contribution in [0.25, 0.3) is 0 Å². The van der Waals surface area contributed by atoms with Crippen molar-refractivity contribution in [3.05, 3.63) is 23.3 Å². The van der Waals surface area contributed by atoms with Crippen LogP contribution >= 0.6 is 24.8 Å². The number of aliphatic hydroxyl groups is 1. The smallest absolute Gasteiger partial charge is 0.174 e. The van der Waals surface area contributed by atoms with Gasteiger partial charge in [0.2, 0.25) is 0 Å². The molecule has 7 heteroatoms. The predicted molar refractivity (Wildman–Crippen MR) is 97.5 cm³/mol. The lowest BCUT2D eigenvalue weighted by atomic mass is 9.49. The molecule has 5 nitrogen and oxygen atoms in total. The predicted octanol–water partition coefficient (Wildman–Crippen LogP) is 1.89. The number of nitrogens with zero attached hydrogens (tertiary/aromatic N) is 1. The van der Waals surface area contributed by atoms with Crippen LogP contribution in [0.1, 0.15) is 30.4 Å². The Morgan fingerprint density at radius 3 is 2.80 bits per heavy atom. The van der Waals surface area contributed by atoms with Crippen molar-refractivity contribution in [3.63, 3.8) is 0 Å². The average Bonchev–Trinajstić information content (AvgIpc) is 2.90. The molecule has 1 unspecified atom stereocenters. The number of carbonyl (C=O) groups excluding carboxylic acids is 1. The topological polar surface area (TPSA) is 59.0 Å². The highest BCUT2D eigenvalue weighted by Crippen LogP contribution is 2.64. The molecule has 2 aliphatic carbocycles. The number of ketones is 1. The minimum absolute atomic E-state index is 0. The Hall–Kier alpha value is -1.01. The summed E-state index contributed by atoms with van der Waals surface area (Å²) in [4.78, 5) is 14.9. The Labute approximate surface area is 159 Å². The van der Waals surface area contributed by atoms with E-state index < -0.39 is 17.1 Å². The van der Waals surface area contributed by atoms with Gasteiger partial charge in [-0.2, -0.15) is 0 Å². The molecule has 25 heavy (non-hydrogen) atoms. The second kappa shape index (κ2) is 5.74. The van der Waals surface area contributed by atoms with E-state index >= 15 is 0 Å². The summed E-state index contributed by atoms with van der Waals surface area (Å²) in [7, 11) is 3.70. The van der Waals surface area contributed by atoms with Crippen molar-refractivity contribution in [3.8, 4) is 11.5 Å². The van der Waals surface area contributed by atoms with Gasteiger partial charge in [-0.1, -0.05) is 6.07 Å². The molecular formula is C18H23Cl2NO4. The number of likely N-dealkylation sites (N-methyl/N-ethyl adjacent to an activating group) is 1. The molecule has 1 N–H and O–H groups in total. The number of carbonyl (C=O) groups is 1. The van der Waals surface area contributed by atoms with E-state index in [0.717, 1.165) is 24.9 Å². The summed E-state index contributed by atoms with van der Waals surface area (Å²) in [6, 6.07) is 4.05. The third kappa shape index (κ3) is 1.90. The van der Waals surface area contributed by atoms with Gasteiger partial charge in [-0.3, -0.25) is 4.79 Å². The summed E-state index contributed by atoms with van der Waals surface area (Å²) in [5.74, 6) is 1.47. The standard InChI is InChI=1S/C18H21NO4.2ClH/c1-19-8-7-17-14-10-3-4-12(22-2)15(14)23-16(17)11(20)5-6-18(17,21)13(19)9-10;;/h3-4,13,16,21H,5-9H2,1-2H3;2*1H/t13-,16+,17+,18?;;/m1../s1. The Bertz CT molecular complexity index is 742. The van der Waals surface area contributed by atoms with Crippen molar-refractivity contribution in [2.24, 2.45) is 0 Å². The van der Waals surface area contributed by atoms with Crippen molar-refractivity contribution in [2.45, 2.75) is 48.8 Å². The zero-order valence-electron chi connectivity index (χ0n) is 14.3. The van der Waals surface area contributed by atoms with E-state index in [1.807, 2.05) is 6.07 Å². The molecule has 1 aromatic carbocycles. The molecule has 4 atom stereocenters. The fraction of sp³-hybridized carbons (Fsp3) is 0.611. The number of hydrogen-bond acceptors (Lipinski definition) is 5. The number of piperidine rings is 1. The molecule has 1 saturated carbocycles. The summed E-state index contributed by atoms with van der Waals surface area (Å²) in [6.45, 7) is 0.871. The summed E-state index contributed by atoms with van der Waals surface area (Å²) in [5, 5.41) is 11.7. The minimum atomic E-state index is -0.900. The molecule has 4 aliphatic rings. The average molecular weight is 388 g/mol. The van der Waals surface area contributed by atoms with E-state index in [0.29, 0.717) is 24.3 Å². The first-order valence-electron chi connectivity index (χ1n) is 8.35. The fourth-order valence-corrected chi connectivity index (χ4v) is 5.69. The van der Waals surface area contributed by atoms with Gasteiger partial charge in [0.05, 0.1) is 18.1 Å². The van der Waals surface area contributed by atoms with Crippen molar-refractivity contribution < 1.29 is 19.4 Å². The van der Waals surface area contributed by atoms with Gasteiger partial charge >= 0.3 is 0 Å². The number of Topliss-reactive ketones (excluding diaryl/α,β-unsaturated/α-hetero) is 1. The lowest BCUT2D eigenvalue weighted by Crippen LogP contribution is -2.76. The largest absolute Gasteiger partial charge is 0.493 e. The molecule has 2 fully saturated rings. The second-order valence-electron chi connectivity index (χ2n) is 7.44. The maximum Gasteiger partial charge on any atom is 0.174 e. The van der Waals surface area contributed by atoms with Gasteiger partial charge in [-0.15, -0.1) is 24.8 Å². The Morgan fingerprint density at radius 1 is 1.32 bits per heavy atom. The van der Waals surface area contributed by atoms with Crippen molar-refractivity contribution in [1.82, 2.24) is 4.90 Å². The molecule has 0 aromatic heterocycles. The van der Waals surface area contributed by atoms with Gasteiger partial charge in [0.15, 0.2) is 23.4 Å². The van der Waals surface area contributed by atoms with Crippen LogP contribution in [0.15, 0.2) is 12.1 Å². The Kier molecular flexibility index (Phi) is 4.31. The lowest BCUT2D eigenvalue weighted by molar-refractivity contribution is -0.185. The van der Waals surface area contributed by atoms with E-state index in [1.165, 1.54) is 5.56 Å².